The zero-order valence-corrected chi connectivity index (χ0v) is 20.2. The summed E-state index contributed by atoms with van der Waals surface area (Å²) in [5.74, 6) is 2.73. The molecule has 29 heavy (non-hydrogen) atoms. The summed E-state index contributed by atoms with van der Waals surface area (Å²) in [6.45, 7) is 4.35. The van der Waals surface area contributed by atoms with Crippen LogP contribution in [0.2, 0.25) is 0 Å². The van der Waals surface area contributed by atoms with E-state index in [4.69, 9.17) is 9.73 Å². The number of halogens is 1. The SMILES string of the molecule is CCNC(=NCC1(c2cccc(OC)c2)CCCC1)N(C)Cc1ncnn1C.I. The number of nitrogens with zero attached hydrogens (tertiary/aromatic N) is 5. The number of rotatable bonds is 7. The summed E-state index contributed by atoms with van der Waals surface area (Å²) in [6.07, 6.45) is 6.41. The van der Waals surface area contributed by atoms with Crippen LogP contribution < -0.4 is 10.1 Å². The normalized spacial score (nSPS) is 15.7. The van der Waals surface area contributed by atoms with E-state index in [2.05, 4.69) is 45.4 Å². The molecule has 1 aromatic carbocycles. The highest BCUT2D eigenvalue weighted by molar-refractivity contribution is 14.0. The maximum absolute atomic E-state index is 5.46. The van der Waals surface area contributed by atoms with E-state index in [1.807, 2.05) is 20.2 Å². The summed E-state index contributed by atoms with van der Waals surface area (Å²) in [5, 5.41) is 7.58. The molecule has 0 aliphatic heterocycles. The van der Waals surface area contributed by atoms with Crippen molar-refractivity contribution in [3.8, 4) is 5.75 Å². The van der Waals surface area contributed by atoms with Crippen molar-refractivity contribution in [3.63, 3.8) is 0 Å². The van der Waals surface area contributed by atoms with E-state index in [1.165, 1.54) is 18.4 Å². The number of aryl methyl sites for hydroxylation is 1. The number of nitrogens with one attached hydrogen (secondary N) is 1. The lowest BCUT2D eigenvalue weighted by molar-refractivity contribution is 0.405. The minimum Gasteiger partial charge on any atom is -0.497 e. The van der Waals surface area contributed by atoms with Crippen LogP contribution in [0.15, 0.2) is 35.6 Å². The molecule has 8 heteroatoms. The van der Waals surface area contributed by atoms with Crippen LogP contribution in [0.4, 0.5) is 0 Å². The zero-order chi connectivity index (χ0) is 20.0. The molecule has 0 saturated heterocycles. The van der Waals surface area contributed by atoms with Crippen molar-refractivity contribution < 1.29 is 4.74 Å². The Morgan fingerprint density at radius 1 is 1.34 bits per heavy atom. The average molecular weight is 512 g/mol. The third-order valence-corrected chi connectivity index (χ3v) is 5.65. The number of aromatic nitrogens is 3. The maximum Gasteiger partial charge on any atom is 0.194 e. The highest BCUT2D eigenvalue weighted by atomic mass is 127. The summed E-state index contributed by atoms with van der Waals surface area (Å²) in [7, 11) is 5.68. The van der Waals surface area contributed by atoms with Crippen molar-refractivity contribution in [1.29, 1.82) is 0 Å². The minimum atomic E-state index is 0. The van der Waals surface area contributed by atoms with E-state index in [0.29, 0.717) is 6.54 Å². The summed E-state index contributed by atoms with van der Waals surface area (Å²) in [4.78, 5) is 11.5. The van der Waals surface area contributed by atoms with Gasteiger partial charge in [-0.1, -0.05) is 25.0 Å². The molecule has 160 valence electrons. The lowest BCUT2D eigenvalue weighted by Crippen LogP contribution is -2.40. The van der Waals surface area contributed by atoms with Gasteiger partial charge >= 0.3 is 0 Å². The number of ether oxygens (including phenoxy) is 1. The van der Waals surface area contributed by atoms with Crippen LogP contribution in [0.25, 0.3) is 0 Å². The van der Waals surface area contributed by atoms with Crippen molar-refractivity contribution in [1.82, 2.24) is 25.0 Å². The fourth-order valence-electron chi connectivity index (χ4n) is 3.99. The van der Waals surface area contributed by atoms with Crippen LogP contribution >= 0.6 is 24.0 Å². The molecule has 0 spiro atoms. The monoisotopic (exact) mass is 512 g/mol. The van der Waals surface area contributed by atoms with Gasteiger partial charge in [-0.2, -0.15) is 5.10 Å². The van der Waals surface area contributed by atoms with Gasteiger partial charge in [0.25, 0.3) is 0 Å². The van der Waals surface area contributed by atoms with Crippen molar-refractivity contribution in [2.75, 3.05) is 27.2 Å². The first-order valence-electron chi connectivity index (χ1n) is 10.0. The van der Waals surface area contributed by atoms with Crippen LogP contribution in [0.5, 0.6) is 5.75 Å². The molecule has 1 aliphatic rings. The van der Waals surface area contributed by atoms with E-state index in [9.17, 15) is 0 Å². The van der Waals surface area contributed by atoms with E-state index in [-0.39, 0.29) is 29.4 Å². The van der Waals surface area contributed by atoms with Gasteiger partial charge in [0.2, 0.25) is 0 Å². The largest absolute Gasteiger partial charge is 0.497 e. The smallest absolute Gasteiger partial charge is 0.194 e. The fraction of sp³-hybridized carbons (Fsp3) is 0.571. The molecule has 2 aromatic rings. The molecular formula is C21H33IN6O. The van der Waals surface area contributed by atoms with E-state index < -0.39 is 0 Å². The molecule has 1 fully saturated rings. The fourth-order valence-corrected chi connectivity index (χ4v) is 3.99. The molecule has 1 heterocycles. The van der Waals surface area contributed by atoms with Gasteiger partial charge in [-0.15, -0.1) is 24.0 Å². The lowest BCUT2D eigenvalue weighted by Gasteiger charge is -2.30. The lowest BCUT2D eigenvalue weighted by atomic mass is 9.79. The first kappa shape index (κ1) is 23.4. The highest BCUT2D eigenvalue weighted by Crippen LogP contribution is 2.42. The summed E-state index contributed by atoms with van der Waals surface area (Å²) in [5.41, 5.74) is 1.42. The van der Waals surface area contributed by atoms with Crippen LogP contribution in [0.3, 0.4) is 0 Å². The number of benzene rings is 1. The third-order valence-electron chi connectivity index (χ3n) is 5.65. The van der Waals surface area contributed by atoms with Crippen LogP contribution in [0.1, 0.15) is 44.0 Å². The van der Waals surface area contributed by atoms with Gasteiger partial charge in [0.1, 0.15) is 17.9 Å². The Kier molecular flexibility index (Phi) is 8.73. The first-order valence-corrected chi connectivity index (χ1v) is 10.0. The first-order chi connectivity index (χ1) is 13.6. The molecule has 7 nitrogen and oxygen atoms in total. The number of guanidine groups is 1. The minimum absolute atomic E-state index is 0. The van der Waals surface area contributed by atoms with Gasteiger partial charge in [-0.3, -0.25) is 9.67 Å². The summed E-state index contributed by atoms with van der Waals surface area (Å²) < 4.78 is 7.26. The van der Waals surface area contributed by atoms with Crippen molar-refractivity contribution in [2.45, 2.75) is 44.6 Å². The van der Waals surface area contributed by atoms with E-state index >= 15 is 0 Å². The van der Waals surface area contributed by atoms with E-state index in [0.717, 1.165) is 43.5 Å². The van der Waals surface area contributed by atoms with Gasteiger partial charge < -0.3 is 15.0 Å². The van der Waals surface area contributed by atoms with Crippen molar-refractivity contribution in [3.05, 3.63) is 42.0 Å². The molecule has 1 aromatic heterocycles. The predicted octanol–water partition coefficient (Wildman–Crippen LogP) is 3.35. The van der Waals surface area contributed by atoms with Gasteiger partial charge in [0.05, 0.1) is 20.2 Å². The van der Waals surface area contributed by atoms with E-state index in [1.54, 1.807) is 18.1 Å². The standard InChI is InChI=1S/C21H32N6O.HI/c1-5-22-20(26(2)14-19-24-16-25-27(19)3)23-15-21(11-6-7-12-21)17-9-8-10-18(13-17)28-4;/h8-10,13,16H,5-7,11-12,14-15H2,1-4H3,(H,22,23);1H. The third kappa shape index (κ3) is 5.61. The number of hydrogen-bond donors (Lipinski definition) is 1. The molecule has 0 bridgehead atoms. The number of methoxy groups -OCH3 is 1. The Morgan fingerprint density at radius 3 is 2.72 bits per heavy atom. The quantitative estimate of drug-likeness (QED) is 0.350. The molecule has 0 atom stereocenters. The molecule has 0 unspecified atom stereocenters. The average Bonchev–Trinajstić information content (AvgIpc) is 3.35. The van der Waals surface area contributed by atoms with Gasteiger partial charge in [-0.05, 0) is 37.5 Å². The predicted molar refractivity (Wildman–Crippen MR) is 127 cm³/mol. The van der Waals surface area contributed by atoms with Crippen molar-refractivity contribution in [2.24, 2.45) is 12.0 Å². The Bertz CT molecular complexity index is 800. The molecule has 0 radical (unpaired) electrons. The van der Waals surface area contributed by atoms with Gasteiger partial charge in [0, 0.05) is 26.1 Å². The molecule has 0 amide bonds. The second-order valence-electron chi connectivity index (χ2n) is 7.55. The summed E-state index contributed by atoms with van der Waals surface area (Å²) in [6, 6.07) is 8.49. The molecular weight excluding hydrogens is 479 g/mol. The maximum atomic E-state index is 5.46. The van der Waals surface area contributed by atoms with Crippen LogP contribution in [0, 0.1) is 0 Å². The molecule has 1 N–H and O–H groups in total. The van der Waals surface area contributed by atoms with Crippen LogP contribution in [-0.2, 0) is 19.0 Å². The second-order valence-corrected chi connectivity index (χ2v) is 7.55. The Balaban J connectivity index is 0.00000300. The zero-order valence-electron chi connectivity index (χ0n) is 17.9. The highest BCUT2D eigenvalue weighted by Gasteiger charge is 2.36. The molecule has 3 rings (SSSR count). The number of hydrogen-bond acceptors (Lipinski definition) is 4. The second kappa shape index (κ2) is 10.8. The topological polar surface area (TPSA) is 67.6 Å². The van der Waals surface area contributed by atoms with Crippen molar-refractivity contribution >= 4 is 29.9 Å². The molecule has 1 aliphatic carbocycles. The van der Waals surface area contributed by atoms with Gasteiger partial charge in [-0.25, -0.2) is 4.98 Å². The molecule has 1 saturated carbocycles. The van der Waals surface area contributed by atoms with Crippen LogP contribution in [-0.4, -0.2) is 52.9 Å². The summed E-state index contributed by atoms with van der Waals surface area (Å²) >= 11 is 0. The van der Waals surface area contributed by atoms with Gasteiger partial charge in [0.15, 0.2) is 5.96 Å². The Hall–Kier alpha value is -1.84. The number of aliphatic imine (C=N–C) groups is 1. The Morgan fingerprint density at radius 2 is 2.10 bits per heavy atom. The Labute approximate surface area is 191 Å².